The molecule has 2 unspecified atom stereocenters. The molecule has 4 heteroatoms. The Morgan fingerprint density at radius 2 is 2.00 bits per heavy atom. The first-order valence-corrected chi connectivity index (χ1v) is 5.36. The van der Waals surface area contributed by atoms with E-state index < -0.39 is 5.60 Å². The topological polar surface area (TPSA) is 29.5 Å². The second-order valence-corrected chi connectivity index (χ2v) is 4.49. The van der Waals surface area contributed by atoms with Gasteiger partial charge in [0.1, 0.15) is 5.60 Å². The molecule has 0 saturated heterocycles. The minimum absolute atomic E-state index is 0.367. The van der Waals surface area contributed by atoms with E-state index in [-0.39, 0.29) is 6.10 Å². The smallest absolute Gasteiger partial charge is 0.114 e. The highest BCUT2D eigenvalue weighted by atomic mass is 35.5. The minimum atomic E-state index is -1.16. The highest BCUT2D eigenvalue weighted by molar-refractivity contribution is 6.33. The highest BCUT2D eigenvalue weighted by Crippen LogP contribution is 2.33. The zero-order chi connectivity index (χ0) is 11.6. The van der Waals surface area contributed by atoms with Crippen LogP contribution in [0.3, 0.4) is 0 Å². The molecule has 0 radical (unpaired) electrons. The number of aliphatic hydroxyl groups is 1. The molecule has 15 heavy (non-hydrogen) atoms. The predicted molar refractivity (Wildman–Crippen MR) is 62.5 cm³/mol. The predicted octanol–water partition coefficient (Wildman–Crippen LogP) is 3.24. The molecule has 84 valence electrons. The molecule has 0 bridgehead atoms. The number of benzene rings is 1. The second kappa shape index (κ2) is 4.71. The lowest BCUT2D eigenvalue weighted by Gasteiger charge is -2.30. The zero-order valence-corrected chi connectivity index (χ0v) is 10.4. The molecule has 0 spiro atoms. The Morgan fingerprint density at radius 1 is 1.40 bits per heavy atom. The molecule has 1 N–H and O–H groups in total. The van der Waals surface area contributed by atoms with Crippen molar-refractivity contribution in [2.24, 2.45) is 0 Å². The van der Waals surface area contributed by atoms with Crippen LogP contribution in [0.25, 0.3) is 0 Å². The summed E-state index contributed by atoms with van der Waals surface area (Å²) >= 11 is 11.9. The molecule has 0 aliphatic heterocycles. The fraction of sp³-hybridized carbons (Fsp3) is 0.455. The third-order valence-corrected chi connectivity index (χ3v) is 3.18. The molecule has 2 nitrogen and oxygen atoms in total. The van der Waals surface area contributed by atoms with Crippen molar-refractivity contribution >= 4 is 23.2 Å². The van der Waals surface area contributed by atoms with Crippen LogP contribution < -0.4 is 0 Å². The van der Waals surface area contributed by atoms with Crippen LogP contribution in [0.2, 0.25) is 10.0 Å². The summed E-state index contributed by atoms with van der Waals surface area (Å²) in [6, 6.07) is 5.00. The quantitative estimate of drug-likeness (QED) is 0.891. The van der Waals surface area contributed by atoms with Crippen molar-refractivity contribution in [1.82, 2.24) is 0 Å². The lowest BCUT2D eigenvalue weighted by atomic mass is 9.91. The van der Waals surface area contributed by atoms with Crippen LogP contribution in [-0.2, 0) is 10.3 Å². The van der Waals surface area contributed by atoms with E-state index in [2.05, 4.69) is 0 Å². The average Bonchev–Trinajstić information content (AvgIpc) is 2.20. The Morgan fingerprint density at radius 3 is 2.53 bits per heavy atom. The lowest BCUT2D eigenvalue weighted by Crippen LogP contribution is -2.36. The van der Waals surface area contributed by atoms with Crippen molar-refractivity contribution < 1.29 is 9.84 Å². The van der Waals surface area contributed by atoms with E-state index in [4.69, 9.17) is 27.9 Å². The van der Waals surface area contributed by atoms with Gasteiger partial charge in [-0.2, -0.15) is 0 Å². The van der Waals surface area contributed by atoms with Gasteiger partial charge in [-0.15, -0.1) is 0 Å². The summed E-state index contributed by atoms with van der Waals surface area (Å²) in [7, 11) is 1.54. The summed E-state index contributed by atoms with van der Waals surface area (Å²) in [5.41, 5.74) is -0.581. The Hall–Kier alpha value is -0.280. The molecule has 2 atom stereocenters. The number of hydrogen-bond acceptors (Lipinski definition) is 2. The van der Waals surface area contributed by atoms with E-state index in [1.165, 1.54) is 7.11 Å². The maximum atomic E-state index is 10.3. The van der Waals surface area contributed by atoms with Gasteiger partial charge in [-0.25, -0.2) is 0 Å². The van der Waals surface area contributed by atoms with Gasteiger partial charge in [-0.1, -0.05) is 23.2 Å². The number of halogens is 2. The van der Waals surface area contributed by atoms with E-state index in [0.717, 1.165) is 0 Å². The van der Waals surface area contributed by atoms with Gasteiger partial charge in [0, 0.05) is 22.7 Å². The van der Waals surface area contributed by atoms with Crippen molar-refractivity contribution in [3.63, 3.8) is 0 Å². The van der Waals surface area contributed by atoms with Crippen molar-refractivity contribution in [3.8, 4) is 0 Å². The Balaban J connectivity index is 3.19. The van der Waals surface area contributed by atoms with Crippen molar-refractivity contribution in [3.05, 3.63) is 33.8 Å². The van der Waals surface area contributed by atoms with E-state index >= 15 is 0 Å². The summed E-state index contributed by atoms with van der Waals surface area (Å²) in [6.07, 6.45) is -0.367. The van der Waals surface area contributed by atoms with Crippen molar-refractivity contribution in [2.45, 2.75) is 25.6 Å². The third-order valence-electron chi connectivity index (χ3n) is 2.62. The highest BCUT2D eigenvalue weighted by Gasteiger charge is 2.32. The fourth-order valence-corrected chi connectivity index (χ4v) is 1.81. The average molecular weight is 249 g/mol. The van der Waals surface area contributed by atoms with E-state index in [1.807, 2.05) is 0 Å². The van der Waals surface area contributed by atoms with Gasteiger partial charge in [-0.05, 0) is 32.0 Å². The molecule has 1 aromatic carbocycles. The van der Waals surface area contributed by atoms with Crippen LogP contribution in [0.5, 0.6) is 0 Å². The first-order chi connectivity index (χ1) is 6.89. The van der Waals surface area contributed by atoms with E-state index in [1.54, 1.807) is 32.0 Å². The number of hydrogen-bond donors (Lipinski definition) is 1. The fourth-order valence-electron chi connectivity index (χ4n) is 1.33. The normalized spacial score (nSPS) is 17.2. The van der Waals surface area contributed by atoms with Crippen molar-refractivity contribution in [1.29, 1.82) is 0 Å². The Labute approximate surface area is 99.8 Å². The molecule has 0 aromatic heterocycles. The summed E-state index contributed by atoms with van der Waals surface area (Å²) in [6.45, 7) is 3.43. The molecule has 0 aliphatic rings. The third kappa shape index (κ3) is 2.64. The minimum Gasteiger partial charge on any atom is -0.383 e. The van der Waals surface area contributed by atoms with Gasteiger partial charge >= 0.3 is 0 Å². The van der Waals surface area contributed by atoms with E-state index in [0.29, 0.717) is 15.6 Å². The number of rotatable bonds is 3. The largest absolute Gasteiger partial charge is 0.383 e. The van der Waals surface area contributed by atoms with Crippen LogP contribution in [0.1, 0.15) is 19.4 Å². The maximum Gasteiger partial charge on any atom is 0.114 e. The molecule has 0 saturated carbocycles. The van der Waals surface area contributed by atoms with Crippen LogP contribution in [-0.4, -0.2) is 18.3 Å². The van der Waals surface area contributed by atoms with Crippen LogP contribution in [0.4, 0.5) is 0 Å². The molecule has 1 aromatic rings. The molecule has 0 amide bonds. The summed E-state index contributed by atoms with van der Waals surface area (Å²) < 4.78 is 5.11. The molecule has 0 heterocycles. The van der Waals surface area contributed by atoms with Crippen LogP contribution in [0, 0.1) is 0 Å². The first kappa shape index (κ1) is 12.8. The van der Waals surface area contributed by atoms with Crippen molar-refractivity contribution in [2.75, 3.05) is 7.11 Å². The lowest BCUT2D eigenvalue weighted by molar-refractivity contribution is -0.0771. The first-order valence-electron chi connectivity index (χ1n) is 4.60. The number of methoxy groups -OCH3 is 1. The van der Waals surface area contributed by atoms with Crippen LogP contribution >= 0.6 is 23.2 Å². The van der Waals surface area contributed by atoms with Gasteiger partial charge in [0.15, 0.2) is 0 Å². The second-order valence-electron chi connectivity index (χ2n) is 3.65. The molecule has 1 rings (SSSR count). The summed E-state index contributed by atoms with van der Waals surface area (Å²) in [5, 5.41) is 11.3. The van der Waals surface area contributed by atoms with Gasteiger partial charge in [0.05, 0.1) is 6.10 Å². The molecule has 0 aliphatic carbocycles. The maximum absolute atomic E-state index is 10.3. The van der Waals surface area contributed by atoms with Gasteiger partial charge in [-0.3, -0.25) is 0 Å². The van der Waals surface area contributed by atoms with E-state index in [9.17, 15) is 5.11 Å². The molecular formula is C11H14Cl2O2. The van der Waals surface area contributed by atoms with Crippen LogP contribution in [0.15, 0.2) is 18.2 Å². The molecular weight excluding hydrogens is 235 g/mol. The summed E-state index contributed by atoms with van der Waals surface area (Å²) in [5.74, 6) is 0. The SMILES string of the molecule is COC(C)C(C)(O)c1cc(Cl)ccc1Cl. The molecule has 0 fully saturated rings. The Kier molecular flexibility index (Phi) is 4.01. The monoisotopic (exact) mass is 248 g/mol. The standard InChI is InChI=1S/C11H14Cl2O2/c1-7(15-3)11(2,14)9-6-8(12)4-5-10(9)13/h4-7,14H,1-3H3. The number of ether oxygens (including phenoxy) is 1. The summed E-state index contributed by atoms with van der Waals surface area (Å²) in [4.78, 5) is 0. The van der Waals surface area contributed by atoms with Gasteiger partial charge < -0.3 is 9.84 Å². The van der Waals surface area contributed by atoms with Gasteiger partial charge in [0.2, 0.25) is 0 Å². The zero-order valence-electron chi connectivity index (χ0n) is 8.92. The Bertz CT molecular complexity index is 350. The van der Waals surface area contributed by atoms with Gasteiger partial charge in [0.25, 0.3) is 0 Å².